The molecule has 8 heteroatoms. The molecule has 2 rings (SSSR count). The normalized spacial score (nSPS) is 16.1. The second-order valence-corrected chi connectivity index (χ2v) is 7.29. The molecule has 2 N–H and O–H groups in total. The molecule has 0 saturated heterocycles. The highest BCUT2D eigenvalue weighted by molar-refractivity contribution is 5.79. The van der Waals surface area contributed by atoms with Gasteiger partial charge in [0.15, 0.2) is 5.96 Å². The zero-order chi connectivity index (χ0) is 21.1. The summed E-state index contributed by atoms with van der Waals surface area (Å²) in [6.07, 6.45) is 5.84. The molecule has 0 spiro atoms. The van der Waals surface area contributed by atoms with Crippen molar-refractivity contribution in [3.63, 3.8) is 0 Å². The SMILES string of the molecule is CCOCCC1(CNC(=NC)NCc2cc(OC)ccc2OC(F)F)CCCC1. The lowest BCUT2D eigenvalue weighted by Gasteiger charge is -2.30. The van der Waals surface area contributed by atoms with Crippen molar-refractivity contribution in [2.45, 2.75) is 52.2 Å². The highest BCUT2D eigenvalue weighted by Gasteiger charge is 2.33. The van der Waals surface area contributed by atoms with E-state index in [1.54, 1.807) is 19.2 Å². The maximum absolute atomic E-state index is 12.7. The number of aliphatic imine (C=N–C) groups is 1. The molecule has 0 bridgehead atoms. The van der Waals surface area contributed by atoms with E-state index in [4.69, 9.17) is 9.47 Å². The van der Waals surface area contributed by atoms with Gasteiger partial charge in [-0.3, -0.25) is 4.99 Å². The van der Waals surface area contributed by atoms with Crippen LogP contribution in [0.2, 0.25) is 0 Å². The fraction of sp³-hybridized carbons (Fsp3) is 0.667. The number of rotatable bonds is 11. The molecule has 1 aromatic carbocycles. The van der Waals surface area contributed by atoms with Crippen LogP contribution in [0.4, 0.5) is 8.78 Å². The van der Waals surface area contributed by atoms with Crippen LogP contribution in [0.1, 0.15) is 44.6 Å². The van der Waals surface area contributed by atoms with Crippen LogP contribution in [0.3, 0.4) is 0 Å². The molecule has 1 fully saturated rings. The first-order chi connectivity index (χ1) is 14.0. The second kappa shape index (κ2) is 11.8. The van der Waals surface area contributed by atoms with E-state index in [2.05, 4.69) is 20.4 Å². The number of methoxy groups -OCH3 is 1. The van der Waals surface area contributed by atoms with Crippen molar-refractivity contribution < 1.29 is 23.0 Å². The predicted octanol–water partition coefficient (Wildman–Crippen LogP) is 3.95. The van der Waals surface area contributed by atoms with Gasteiger partial charge in [-0.2, -0.15) is 8.78 Å². The zero-order valence-electron chi connectivity index (χ0n) is 17.6. The number of nitrogens with one attached hydrogen (secondary N) is 2. The van der Waals surface area contributed by atoms with Gasteiger partial charge in [0.25, 0.3) is 0 Å². The Morgan fingerprint density at radius 3 is 2.62 bits per heavy atom. The van der Waals surface area contributed by atoms with Crippen molar-refractivity contribution in [1.29, 1.82) is 0 Å². The Hall–Kier alpha value is -2.09. The topological polar surface area (TPSA) is 64.1 Å². The van der Waals surface area contributed by atoms with E-state index < -0.39 is 6.61 Å². The monoisotopic (exact) mass is 413 g/mol. The fourth-order valence-corrected chi connectivity index (χ4v) is 3.78. The fourth-order valence-electron chi connectivity index (χ4n) is 3.78. The van der Waals surface area contributed by atoms with Gasteiger partial charge in [-0.05, 0) is 49.8 Å². The van der Waals surface area contributed by atoms with E-state index in [-0.39, 0.29) is 17.7 Å². The zero-order valence-corrected chi connectivity index (χ0v) is 17.6. The van der Waals surface area contributed by atoms with Crippen LogP contribution in [0.25, 0.3) is 0 Å². The molecule has 1 aliphatic carbocycles. The van der Waals surface area contributed by atoms with Crippen LogP contribution in [0.5, 0.6) is 11.5 Å². The Morgan fingerprint density at radius 1 is 1.24 bits per heavy atom. The molecule has 164 valence electrons. The third kappa shape index (κ3) is 7.34. The molecule has 0 radical (unpaired) electrons. The minimum absolute atomic E-state index is 0.118. The van der Waals surface area contributed by atoms with Crippen LogP contribution in [0, 0.1) is 5.41 Å². The predicted molar refractivity (Wildman–Crippen MR) is 110 cm³/mol. The Morgan fingerprint density at radius 2 is 2.00 bits per heavy atom. The summed E-state index contributed by atoms with van der Waals surface area (Å²) in [6.45, 7) is 1.71. The number of hydrogen-bond acceptors (Lipinski definition) is 4. The van der Waals surface area contributed by atoms with Gasteiger partial charge >= 0.3 is 6.61 Å². The third-order valence-corrected chi connectivity index (χ3v) is 5.43. The lowest BCUT2D eigenvalue weighted by atomic mass is 9.83. The van der Waals surface area contributed by atoms with E-state index in [9.17, 15) is 8.78 Å². The van der Waals surface area contributed by atoms with Crippen molar-refractivity contribution in [3.05, 3.63) is 23.8 Å². The summed E-state index contributed by atoms with van der Waals surface area (Å²) >= 11 is 0. The van der Waals surface area contributed by atoms with Crippen LogP contribution in [-0.4, -0.2) is 46.5 Å². The number of halogens is 2. The number of benzene rings is 1. The maximum Gasteiger partial charge on any atom is 0.387 e. The Labute approximate surface area is 172 Å². The van der Waals surface area contributed by atoms with Gasteiger partial charge in [-0.25, -0.2) is 0 Å². The highest BCUT2D eigenvalue weighted by Crippen LogP contribution is 2.40. The molecular weight excluding hydrogens is 380 g/mol. The van der Waals surface area contributed by atoms with E-state index in [1.807, 2.05) is 6.92 Å². The van der Waals surface area contributed by atoms with E-state index in [0.29, 0.717) is 17.3 Å². The van der Waals surface area contributed by atoms with Crippen molar-refractivity contribution in [2.75, 3.05) is 33.9 Å². The van der Waals surface area contributed by atoms with Crippen LogP contribution in [0.15, 0.2) is 23.2 Å². The standard InChI is InChI=1S/C21H33F2N3O3/c1-4-28-12-11-21(9-5-6-10-21)15-26-20(24-2)25-14-16-13-17(27-3)7-8-18(16)29-19(22)23/h7-8,13,19H,4-6,9-12,14-15H2,1-3H3,(H2,24,25,26). The van der Waals surface area contributed by atoms with Gasteiger partial charge in [0.2, 0.25) is 0 Å². The molecule has 0 aromatic heterocycles. The first-order valence-corrected chi connectivity index (χ1v) is 10.2. The van der Waals surface area contributed by atoms with Crippen molar-refractivity contribution in [3.8, 4) is 11.5 Å². The van der Waals surface area contributed by atoms with Gasteiger partial charge in [-0.1, -0.05) is 12.8 Å². The lowest BCUT2D eigenvalue weighted by Crippen LogP contribution is -2.43. The summed E-state index contributed by atoms with van der Waals surface area (Å²) in [5, 5.41) is 6.59. The van der Waals surface area contributed by atoms with Gasteiger partial charge < -0.3 is 24.8 Å². The van der Waals surface area contributed by atoms with Crippen LogP contribution >= 0.6 is 0 Å². The summed E-state index contributed by atoms with van der Waals surface area (Å²) in [4.78, 5) is 4.27. The van der Waals surface area contributed by atoms with Crippen molar-refractivity contribution in [2.24, 2.45) is 10.4 Å². The summed E-state index contributed by atoms with van der Waals surface area (Å²) in [5.74, 6) is 1.32. The molecule has 0 amide bonds. The Kier molecular flexibility index (Phi) is 9.44. The molecular formula is C21H33F2N3O3. The molecule has 1 saturated carbocycles. The summed E-state index contributed by atoms with van der Waals surface area (Å²) in [5.41, 5.74) is 0.784. The Balaban J connectivity index is 1.96. The van der Waals surface area contributed by atoms with Gasteiger partial charge in [0.1, 0.15) is 11.5 Å². The molecule has 6 nitrogen and oxygen atoms in total. The molecule has 29 heavy (non-hydrogen) atoms. The number of nitrogens with zero attached hydrogens (tertiary/aromatic N) is 1. The van der Waals surface area contributed by atoms with Gasteiger partial charge in [-0.15, -0.1) is 0 Å². The van der Waals surface area contributed by atoms with Gasteiger partial charge in [0.05, 0.1) is 7.11 Å². The summed E-state index contributed by atoms with van der Waals surface area (Å²) in [6, 6.07) is 4.76. The third-order valence-electron chi connectivity index (χ3n) is 5.43. The number of hydrogen-bond donors (Lipinski definition) is 2. The average Bonchev–Trinajstić information content (AvgIpc) is 3.18. The second-order valence-electron chi connectivity index (χ2n) is 7.29. The van der Waals surface area contributed by atoms with Crippen molar-refractivity contribution >= 4 is 5.96 Å². The quantitative estimate of drug-likeness (QED) is 0.327. The first kappa shape index (κ1) is 23.2. The number of ether oxygens (including phenoxy) is 3. The highest BCUT2D eigenvalue weighted by atomic mass is 19.3. The molecule has 0 heterocycles. The molecule has 0 aliphatic heterocycles. The van der Waals surface area contributed by atoms with Gasteiger partial charge in [0, 0.05) is 38.9 Å². The molecule has 0 unspecified atom stereocenters. The van der Waals surface area contributed by atoms with Crippen LogP contribution < -0.4 is 20.1 Å². The molecule has 1 aliphatic rings. The molecule has 0 atom stereocenters. The average molecular weight is 414 g/mol. The van der Waals surface area contributed by atoms with E-state index in [1.165, 1.54) is 38.9 Å². The first-order valence-electron chi connectivity index (χ1n) is 10.2. The summed E-state index contributed by atoms with van der Waals surface area (Å²) < 4.78 is 40.8. The maximum atomic E-state index is 12.7. The van der Waals surface area contributed by atoms with E-state index in [0.717, 1.165) is 26.2 Å². The smallest absolute Gasteiger partial charge is 0.387 e. The largest absolute Gasteiger partial charge is 0.497 e. The Bertz CT molecular complexity index is 650. The molecule has 1 aromatic rings. The van der Waals surface area contributed by atoms with Crippen molar-refractivity contribution in [1.82, 2.24) is 10.6 Å². The van der Waals surface area contributed by atoms with E-state index >= 15 is 0 Å². The minimum Gasteiger partial charge on any atom is -0.497 e. The lowest BCUT2D eigenvalue weighted by molar-refractivity contribution is -0.0505. The number of guanidine groups is 1. The summed E-state index contributed by atoms with van der Waals surface area (Å²) in [7, 11) is 3.23. The van der Waals surface area contributed by atoms with Crippen LogP contribution in [-0.2, 0) is 11.3 Å². The minimum atomic E-state index is -2.88. The number of alkyl halides is 2.